The van der Waals surface area contributed by atoms with E-state index >= 15 is 0 Å². The van der Waals surface area contributed by atoms with Gasteiger partial charge in [0.05, 0.1) is 0 Å². The normalized spacial score (nSPS) is 11.3. The summed E-state index contributed by atoms with van der Waals surface area (Å²) in [7, 11) is 17.2. The van der Waals surface area contributed by atoms with Crippen molar-refractivity contribution in [1.82, 2.24) is 0 Å². The molecule has 0 amide bonds. The maximum Gasteiger partial charge on any atom is 0.166 e. The maximum atomic E-state index is 4.95. The minimum atomic E-state index is -2.61. The molecule has 1 heterocycles. The molecule has 11 heavy (non-hydrogen) atoms. The van der Waals surface area contributed by atoms with E-state index in [1.165, 1.54) is 0 Å². The first kappa shape index (κ1) is 11.8. The van der Waals surface area contributed by atoms with Gasteiger partial charge in [-0.2, -0.15) is 0 Å². The van der Waals surface area contributed by atoms with Gasteiger partial charge >= 0.3 is 49.6 Å². The summed E-state index contributed by atoms with van der Waals surface area (Å²) in [5, 5.41) is 0. The zero-order chi connectivity index (χ0) is 8.74. The second-order valence-corrected chi connectivity index (χ2v) is 12.3. The van der Waals surface area contributed by atoms with Crippen molar-refractivity contribution >= 4 is 40.4 Å². The quantitative estimate of drug-likeness (QED) is 0.647. The second kappa shape index (κ2) is 6.36. The third-order valence-corrected chi connectivity index (χ3v) is 0.607. The number of H-pyrrole nitrogens is 1. The monoisotopic (exact) mass is 276 g/mol. The molecular formula is C5H6Cl4FeN. The molecule has 1 aromatic rings. The van der Waals surface area contributed by atoms with Gasteiger partial charge in [0, 0.05) is 12.1 Å². The molecule has 0 saturated heterocycles. The Morgan fingerprint density at radius 3 is 1.27 bits per heavy atom. The van der Waals surface area contributed by atoms with E-state index in [4.69, 9.17) is 40.4 Å². The van der Waals surface area contributed by atoms with E-state index in [0.29, 0.717) is 0 Å². The third kappa shape index (κ3) is 18.1. The SMILES string of the molecule is [Cl][Fe-]([Cl])([Cl])[Cl].c1cc[nH+]cc1. The summed E-state index contributed by atoms with van der Waals surface area (Å²) in [5.74, 6) is 0. The van der Waals surface area contributed by atoms with Crippen molar-refractivity contribution in [3.63, 3.8) is 0 Å². The van der Waals surface area contributed by atoms with Gasteiger partial charge in [0.25, 0.3) is 0 Å². The summed E-state index contributed by atoms with van der Waals surface area (Å²) < 4.78 is 0. The standard InChI is InChI=1S/C5H5N.4ClH.Fe/c1-2-4-6-5-3-1;;;;;/h1-5H;4*1H;/q;;;;;+3/p-3. The van der Waals surface area contributed by atoms with Crippen LogP contribution in [0.4, 0.5) is 0 Å². The van der Waals surface area contributed by atoms with Crippen LogP contribution in [0.1, 0.15) is 0 Å². The molecule has 67 valence electrons. The molecule has 0 aliphatic heterocycles. The molecule has 0 saturated carbocycles. The van der Waals surface area contributed by atoms with Crippen molar-refractivity contribution in [3.05, 3.63) is 30.6 Å². The summed E-state index contributed by atoms with van der Waals surface area (Å²) in [4.78, 5) is 2.89. The van der Waals surface area contributed by atoms with Gasteiger partial charge < -0.3 is 0 Å². The molecule has 0 bridgehead atoms. The van der Waals surface area contributed by atoms with Gasteiger partial charge in [-0.3, -0.25) is 0 Å². The van der Waals surface area contributed by atoms with E-state index in [1.807, 2.05) is 30.6 Å². The van der Waals surface area contributed by atoms with Crippen molar-refractivity contribution < 1.29 is 14.2 Å². The number of nitrogens with one attached hydrogen (secondary N) is 1. The second-order valence-electron chi connectivity index (χ2n) is 1.38. The predicted molar refractivity (Wildman–Crippen MR) is 46.4 cm³/mol. The molecule has 0 spiro atoms. The van der Waals surface area contributed by atoms with E-state index in [-0.39, 0.29) is 0 Å². The molecule has 0 fully saturated rings. The molecule has 0 aliphatic rings. The first-order valence-electron chi connectivity index (χ1n) is 2.45. The molecule has 0 aliphatic carbocycles. The van der Waals surface area contributed by atoms with Gasteiger partial charge in [-0.1, -0.05) is 6.07 Å². The number of aromatic nitrogens is 1. The van der Waals surface area contributed by atoms with Crippen molar-refractivity contribution in [3.8, 4) is 0 Å². The minimum Gasteiger partial charge on any atom is -0.218 e. The summed E-state index contributed by atoms with van der Waals surface area (Å²) >= 11 is 0. The topological polar surface area (TPSA) is 14.1 Å². The van der Waals surface area contributed by atoms with Gasteiger partial charge in [0.2, 0.25) is 0 Å². The molecule has 1 N–H and O–H groups in total. The van der Waals surface area contributed by atoms with E-state index in [2.05, 4.69) is 4.98 Å². The Kier molecular flexibility index (Phi) is 6.84. The zero-order valence-corrected chi connectivity index (χ0v) is 9.38. The van der Waals surface area contributed by atoms with Crippen LogP contribution >= 0.6 is 40.4 Å². The predicted octanol–water partition coefficient (Wildman–Crippen LogP) is 3.26. The van der Waals surface area contributed by atoms with Crippen LogP contribution in [0.3, 0.4) is 0 Å². The molecule has 0 unspecified atom stereocenters. The Morgan fingerprint density at radius 2 is 1.18 bits per heavy atom. The largest absolute Gasteiger partial charge is 0.218 e. The average molecular weight is 278 g/mol. The number of hydrogen-bond donors (Lipinski definition) is 0. The Labute approximate surface area is 84.8 Å². The number of hydrogen-bond acceptors (Lipinski definition) is 0. The van der Waals surface area contributed by atoms with Crippen LogP contribution in [0.25, 0.3) is 0 Å². The Morgan fingerprint density at radius 1 is 0.818 bits per heavy atom. The molecule has 1 nitrogen and oxygen atoms in total. The molecule has 0 radical (unpaired) electrons. The van der Waals surface area contributed by atoms with Crippen molar-refractivity contribution in [1.29, 1.82) is 0 Å². The molecule has 0 aromatic carbocycles. The van der Waals surface area contributed by atoms with E-state index in [0.717, 1.165) is 0 Å². The summed E-state index contributed by atoms with van der Waals surface area (Å²) in [6, 6.07) is 5.86. The van der Waals surface area contributed by atoms with Crippen LogP contribution in [-0.2, 0) is 9.20 Å². The summed E-state index contributed by atoms with van der Waals surface area (Å²) in [6.45, 7) is 0. The van der Waals surface area contributed by atoms with Crippen LogP contribution < -0.4 is 4.98 Å². The fraction of sp³-hybridized carbons (Fsp3) is 0. The van der Waals surface area contributed by atoms with Crippen LogP contribution in [0.5, 0.6) is 0 Å². The number of aromatic amines is 1. The van der Waals surface area contributed by atoms with Gasteiger partial charge in [-0.05, 0) is 0 Å². The Hall–Kier alpha value is 0.829. The molecule has 1 rings (SSSR count). The van der Waals surface area contributed by atoms with Crippen molar-refractivity contribution in [2.75, 3.05) is 0 Å². The van der Waals surface area contributed by atoms with E-state index in [9.17, 15) is 0 Å². The van der Waals surface area contributed by atoms with Crippen LogP contribution in [0.15, 0.2) is 30.6 Å². The van der Waals surface area contributed by atoms with Gasteiger partial charge in [0.15, 0.2) is 12.4 Å². The van der Waals surface area contributed by atoms with E-state index < -0.39 is 9.20 Å². The first-order valence-corrected chi connectivity index (χ1v) is 8.52. The smallest absolute Gasteiger partial charge is 0.166 e. The minimum absolute atomic E-state index is 1.88. The number of pyridine rings is 1. The number of halogens is 4. The van der Waals surface area contributed by atoms with Crippen LogP contribution in [0.2, 0.25) is 0 Å². The van der Waals surface area contributed by atoms with E-state index in [1.54, 1.807) is 0 Å². The van der Waals surface area contributed by atoms with Crippen LogP contribution in [-0.4, -0.2) is 0 Å². The molecule has 0 atom stereocenters. The fourth-order valence-corrected chi connectivity index (χ4v) is 0.342. The maximum absolute atomic E-state index is 4.95. The molecular weight excluding hydrogens is 272 g/mol. The Bertz CT molecular complexity index is 143. The summed E-state index contributed by atoms with van der Waals surface area (Å²) in [5.41, 5.74) is 0. The fourth-order valence-electron chi connectivity index (χ4n) is 0.342. The van der Waals surface area contributed by atoms with Gasteiger partial charge in [-0.25, -0.2) is 4.98 Å². The van der Waals surface area contributed by atoms with Crippen LogP contribution in [0, 0.1) is 0 Å². The van der Waals surface area contributed by atoms with Gasteiger partial charge in [0.1, 0.15) is 0 Å². The molecule has 6 heteroatoms. The van der Waals surface area contributed by atoms with Crippen molar-refractivity contribution in [2.24, 2.45) is 0 Å². The number of rotatable bonds is 0. The first-order chi connectivity index (χ1) is 5.00. The average Bonchev–Trinajstić information content (AvgIpc) is 1.88. The van der Waals surface area contributed by atoms with Crippen molar-refractivity contribution in [2.45, 2.75) is 0 Å². The third-order valence-electron chi connectivity index (χ3n) is 0.607. The Balaban J connectivity index is 0.000000187. The zero-order valence-electron chi connectivity index (χ0n) is 5.25. The summed E-state index contributed by atoms with van der Waals surface area (Å²) in [6.07, 6.45) is 3.75. The molecule has 1 aromatic heterocycles. The van der Waals surface area contributed by atoms with Gasteiger partial charge in [-0.15, -0.1) is 0 Å².